The van der Waals surface area contributed by atoms with Crippen molar-refractivity contribution in [2.75, 3.05) is 20.3 Å². The number of nitrogens with one attached hydrogen (secondary N) is 1. The molecule has 0 saturated carbocycles. The lowest BCUT2D eigenvalue weighted by molar-refractivity contribution is 0.171. The van der Waals surface area contributed by atoms with Gasteiger partial charge >= 0.3 is 0 Å². The van der Waals surface area contributed by atoms with E-state index in [1.165, 1.54) is 6.42 Å². The second-order valence-corrected chi connectivity index (χ2v) is 5.86. The van der Waals surface area contributed by atoms with Crippen LogP contribution in [-0.2, 0) is 4.74 Å². The quantitative estimate of drug-likeness (QED) is 0.667. The first-order chi connectivity index (χ1) is 6.27. The maximum Gasteiger partial charge on any atom is 0.0462 e. The van der Waals surface area contributed by atoms with E-state index in [1.54, 1.807) is 7.11 Å². The molecule has 0 amide bonds. The molecule has 0 unspecified atom stereocenters. The highest BCUT2D eigenvalue weighted by molar-refractivity contribution is 4.77. The van der Waals surface area contributed by atoms with E-state index in [2.05, 4.69) is 39.9 Å². The van der Waals surface area contributed by atoms with Gasteiger partial charge in [0.05, 0.1) is 0 Å². The van der Waals surface area contributed by atoms with Crippen molar-refractivity contribution in [3.05, 3.63) is 0 Å². The van der Waals surface area contributed by atoms with E-state index in [0.717, 1.165) is 19.6 Å². The minimum Gasteiger partial charge on any atom is -0.385 e. The zero-order valence-electron chi connectivity index (χ0n) is 10.7. The Bertz CT molecular complexity index is 147. The van der Waals surface area contributed by atoms with E-state index in [1.807, 2.05) is 0 Å². The molecule has 0 spiro atoms. The third kappa shape index (κ3) is 8.52. The Morgan fingerprint density at radius 3 is 2.07 bits per heavy atom. The number of rotatable bonds is 6. The van der Waals surface area contributed by atoms with E-state index in [-0.39, 0.29) is 5.54 Å². The van der Waals surface area contributed by atoms with Crippen LogP contribution in [0.3, 0.4) is 0 Å². The van der Waals surface area contributed by atoms with Crippen LogP contribution in [-0.4, -0.2) is 25.8 Å². The molecule has 1 N–H and O–H groups in total. The van der Waals surface area contributed by atoms with Gasteiger partial charge in [-0.2, -0.15) is 0 Å². The molecule has 0 atom stereocenters. The highest BCUT2D eigenvalue weighted by Crippen LogP contribution is 2.22. The molecule has 0 aliphatic rings. The van der Waals surface area contributed by atoms with Crippen LogP contribution in [0.25, 0.3) is 0 Å². The normalized spacial score (nSPS) is 13.3. The van der Waals surface area contributed by atoms with Crippen LogP contribution in [0, 0.1) is 5.41 Å². The monoisotopic (exact) mass is 201 g/mol. The van der Waals surface area contributed by atoms with Crippen LogP contribution in [0.2, 0.25) is 0 Å². The summed E-state index contributed by atoms with van der Waals surface area (Å²) in [5, 5.41) is 3.55. The topological polar surface area (TPSA) is 21.3 Å². The summed E-state index contributed by atoms with van der Waals surface area (Å²) >= 11 is 0. The van der Waals surface area contributed by atoms with Crippen LogP contribution >= 0.6 is 0 Å². The Morgan fingerprint density at radius 2 is 1.64 bits per heavy atom. The first-order valence-electron chi connectivity index (χ1n) is 5.51. The fraction of sp³-hybridized carbons (Fsp3) is 1.00. The van der Waals surface area contributed by atoms with Gasteiger partial charge in [0.25, 0.3) is 0 Å². The van der Waals surface area contributed by atoms with Crippen molar-refractivity contribution in [1.29, 1.82) is 0 Å². The summed E-state index contributed by atoms with van der Waals surface area (Å²) in [5.41, 5.74) is 0.588. The van der Waals surface area contributed by atoms with E-state index < -0.39 is 0 Å². The van der Waals surface area contributed by atoms with E-state index in [0.29, 0.717) is 5.41 Å². The Labute approximate surface area is 89.4 Å². The Balaban J connectivity index is 3.72. The van der Waals surface area contributed by atoms with E-state index >= 15 is 0 Å². The molecule has 2 heteroatoms. The Hall–Kier alpha value is -0.0800. The molecule has 0 aromatic carbocycles. The molecule has 86 valence electrons. The van der Waals surface area contributed by atoms with Gasteiger partial charge in [-0.15, -0.1) is 0 Å². The van der Waals surface area contributed by atoms with Crippen molar-refractivity contribution in [2.24, 2.45) is 5.41 Å². The molecule has 0 aromatic heterocycles. The predicted molar refractivity (Wildman–Crippen MR) is 62.6 cm³/mol. The summed E-state index contributed by atoms with van der Waals surface area (Å²) < 4.78 is 5.06. The average Bonchev–Trinajstić information content (AvgIpc) is 2.00. The third-order valence-corrected chi connectivity index (χ3v) is 2.30. The summed E-state index contributed by atoms with van der Waals surface area (Å²) in [6, 6.07) is 0. The number of hydrogen-bond donors (Lipinski definition) is 1. The lowest BCUT2D eigenvalue weighted by Gasteiger charge is -2.30. The van der Waals surface area contributed by atoms with Crippen molar-refractivity contribution in [3.63, 3.8) is 0 Å². The van der Waals surface area contributed by atoms with Crippen LogP contribution in [0.5, 0.6) is 0 Å². The van der Waals surface area contributed by atoms with Crippen molar-refractivity contribution in [3.8, 4) is 0 Å². The van der Waals surface area contributed by atoms with Gasteiger partial charge in [0.1, 0.15) is 0 Å². The first-order valence-corrected chi connectivity index (χ1v) is 5.51. The van der Waals surface area contributed by atoms with Crippen molar-refractivity contribution >= 4 is 0 Å². The molecule has 0 bridgehead atoms. The van der Waals surface area contributed by atoms with Crippen molar-refractivity contribution in [1.82, 2.24) is 5.32 Å². The predicted octanol–water partition coefficient (Wildman–Crippen LogP) is 2.83. The van der Waals surface area contributed by atoms with Crippen molar-refractivity contribution < 1.29 is 4.74 Å². The lowest BCUT2D eigenvalue weighted by atomic mass is 9.87. The zero-order valence-corrected chi connectivity index (χ0v) is 10.7. The first kappa shape index (κ1) is 13.9. The molecule has 0 radical (unpaired) electrons. The SMILES string of the molecule is COCCCC(C)(C)CNC(C)(C)C. The van der Waals surface area contributed by atoms with Gasteiger partial charge in [-0.3, -0.25) is 0 Å². The molecule has 14 heavy (non-hydrogen) atoms. The van der Waals surface area contributed by atoms with Gasteiger partial charge in [-0.05, 0) is 39.0 Å². The molecule has 0 fully saturated rings. The summed E-state index contributed by atoms with van der Waals surface area (Å²) in [6.45, 7) is 13.2. The van der Waals surface area contributed by atoms with Crippen LogP contribution in [0.1, 0.15) is 47.5 Å². The molecule has 0 aliphatic carbocycles. The second kappa shape index (κ2) is 5.72. The van der Waals surface area contributed by atoms with Crippen LogP contribution < -0.4 is 5.32 Å². The zero-order chi connectivity index (χ0) is 11.2. The van der Waals surface area contributed by atoms with E-state index in [9.17, 15) is 0 Å². The summed E-state index contributed by atoms with van der Waals surface area (Å²) in [7, 11) is 1.76. The van der Waals surface area contributed by atoms with Crippen molar-refractivity contribution in [2.45, 2.75) is 53.0 Å². The molecule has 0 saturated heterocycles. The number of hydrogen-bond acceptors (Lipinski definition) is 2. The molecular weight excluding hydrogens is 174 g/mol. The maximum atomic E-state index is 5.06. The summed E-state index contributed by atoms with van der Waals surface area (Å²) in [5.74, 6) is 0. The molecule has 2 nitrogen and oxygen atoms in total. The third-order valence-electron chi connectivity index (χ3n) is 2.30. The fourth-order valence-electron chi connectivity index (χ4n) is 1.29. The Kier molecular flexibility index (Phi) is 5.68. The van der Waals surface area contributed by atoms with Gasteiger partial charge in [0, 0.05) is 25.8 Å². The largest absolute Gasteiger partial charge is 0.385 e. The molecule has 0 aliphatic heterocycles. The van der Waals surface area contributed by atoms with Crippen LogP contribution in [0.15, 0.2) is 0 Å². The number of ether oxygens (including phenoxy) is 1. The smallest absolute Gasteiger partial charge is 0.0462 e. The Morgan fingerprint density at radius 1 is 1.07 bits per heavy atom. The second-order valence-electron chi connectivity index (χ2n) is 5.86. The van der Waals surface area contributed by atoms with Gasteiger partial charge in [-0.1, -0.05) is 13.8 Å². The maximum absolute atomic E-state index is 5.06. The molecule has 0 aromatic rings. The van der Waals surface area contributed by atoms with E-state index in [4.69, 9.17) is 4.74 Å². The number of methoxy groups -OCH3 is 1. The molecular formula is C12H27NO. The summed E-state index contributed by atoms with van der Waals surface area (Å²) in [4.78, 5) is 0. The van der Waals surface area contributed by atoms with Gasteiger partial charge in [-0.25, -0.2) is 0 Å². The fourth-order valence-corrected chi connectivity index (χ4v) is 1.29. The highest BCUT2D eigenvalue weighted by Gasteiger charge is 2.20. The van der Waals surface area contributed by atoms with Gasteiger partial charge < -0.3 is 10.1 Å². The minimum absolute atomic E-state index is 0.221. The minimum atomic E-state index is 0.221. The lowest BCUT2D eigenvalue weighted by Crippen LogP contribution is -2.42. The van der Waals surface area contributed by atoms with Crippen LogP contribution in [0.4, 0.5) is 0 Å². The summed E-state index contributed by atoms with van der Waals surface area (Å²) in [6.07, 6.45) is 2.36. The standard InChI is InChI=1S/C12H27NO/c1-11(2,3)13-10-12(4,5)8-7-9-14-6/h13H,7-10H2,1-6H3. The highest BCUT2D eigenvalue weighted by atomic mass is 16.5. The van der Waals surface area contributed by atoms with Gasteiger partial charge in [0.2, 0.25) is 0 Å². The molecule has 0 rings (SSSR count). The average molecular weight is 201 g/mol. The molecule has 0 heterocycles. The van der Waals surface area contributed by atoms with Gasteiger partial charge in [0.15, 0.2) is 0 Å².